The van der Waals surface area contributed by atoms with E-state index in [4.69, 9.17) is 4.74 Å². The highest BCUT2D eigenvalue weighted by Crippen LogP contribution is 2.27. The topological polar surface area (TPSA) is 88.1 Å². The number of rotatable bonds is 6. The SMILES string of the molecule is C=CC(=O)Nc1c[nH]c2ncc(-c3cnn(CCN4CCOCC4)c3)cc12. The lowest BCUT2D eigenvalue weighted by Gasteiger charge is -2.26. The Morgan fingerprint density at radius 1 is 1.30 bits per heavy atom. The molecule has 0 aromatic carbocycles. The molecular weight excluding hydrogens is 344 g/mol. The van der Waals surface area contributed by atoms with E-state index in [1.54, 1.807) is 12.4 Å². The van der Waals surface area contributed by atoms with Crippen LogP contribution in [0.15, 0.2) is 43.5 Å². The van der Waals surface area contributed by atoms with Crippen molar-refractivity contribution in [2.24, 2.45) is 0 Å². The fraction of sp³-hybridized carbons (Fsp3) is 0.316. The molecule has 1 aliphatic rings. The number of carbonyl (C=O) groups excluding carboxylic acids is 1. The number of hydrogen-bond acceptors (Lipinski definition) is 5. The van der Waals surface area contributed by atoms with Crippen molar-refractivity contribution in [1.82, 2.24) is 24.6 Å². The number of morpholine rings is 1. The third-order valence-electron chi connectivity index (χ3n) is 4.69. The largest absolute Gasteiger partial charge is 0.379 e. The van der Waals surface area contributed by atoms with Gasteiger partial charge in [-0.1, -0.05) is 6.58 Å². The second-order valence-electron chi connectivity index (χ2n) is 6.46. The number of carbonyl (C=O) groups is 1. The molecule has 0 radical (unpaired) electrons. The quantitative estimate of drug-likeness (QED) is 0.651. The molecule has 4 heterocycles. The summed E-state index contributed by atoms with van der Waals surface area (Å²) >= 11 is 0. The molecule has 8 nitrogen and oxygen atoms in total. The van der Waals surface area contributed by atoms with Crippen LogP contribution in [-0.2, 0) is 16.1 Å². The van der Waals surface area contributed by atoms with Crippen LogP contribution in [-0.4, -0.2) is 63.4 Å². The van der Waals surface area contributed by atoms with Crippen LogP contribution in [0.25, 0.3) is 22.2 Å². The predicted molar refractivity (Wildman–Crippen MR) is 103 cm³/mol. The van der Waals surface area contributed by atoms with E-state index in [2.05, 4.69) is 31.9 Å². The van der Waals surface area contributed by atoms with Crippen molar-refractivity contribution in [3.8, 4) is 11.1 Å². The molecule has 2 N–H and O–H groups in total. The first-order chi connectivity index (χ1) is 13.2. The number of aromatic amines is 1. The minimum atomic E-state index is -0.253. The summed E-state index contributed by atoms with van der Waals surface area (Å²) in [6.07, 6.45) is 8.65. The Labute approximate surface area is 156 Å². The molecule has 0 bridgehead atoms. The van der Waals surface area contributed by atoms with Crippen molar-refractivity contribution in [3.05, 3.63) is 43.5 Å². The molecule has 1 saturated heterocycles. The highest BCUT2D eigenvalue weighted by Gasteiger charge is 2.12. The molecule has 4 rings (SSSR count). The van der Waals surface area contributed by atoms with Crippen LogP contribution in [0.4, 0.5) is 5.69 Å². The molecule has 3 aromatic heterocycles. The van der Waals surface area contributed by atoms with E-state index in [-0.39, 0.29) is 5.91 Å². The Hall–Kier alpha value is -2.97. The van der Waals surface area contributed by atoms with Crippen LogP contribution in [0.2, 0.25) is 0 Å². The van der Waals surface area contributed by atoms with Gasteiger partial charge in [0.15, 0.2) is 0 Å². The standard InChI is InChI=1S/C19H22N6O2/c1-2-18(26)23-17-12-21-19-16(17)9-14(10-20-19)15-11-22-25(13-15)4-3-24-5-7-27-8-6-24/h2,9-13H,1,3-8H2,(H,20,21)(H,23,26). The number of fused-ring (bicyclic) bond motifs is 1. The van der Waals surface area contributed by atoms with E-state index in [0.29, 0.717) is 5.69 Å². The summed E-state index contributed by atoms with van der Waals surface area (Å²) in [6.45, 7) is 8.82. The van der Waals surface area contributed by atoms with Gasteiger partial charge in [0.2, 0.25) is 5.91 Å². The minimum absolute atomic E-state index is 0.253. The van der Waals surface area contributed by atoms with Gasteiger partial charge in [0.05, 0.1) is 31.6 Å². The molecule has 1 amide bonds. The normalized spacial score (nSPS) is 15.1. The van der Waals surface area contributed by atoms with Gasteiger partial charge in [0.1, 0.15) is 5.65 Å². The van der Waals surface area contributed by atoms with E-state index < -0.39 is 0 Å². The molecule has 3 aromatic rings. The van der Waals surface area contributed by atoms with E-state index in [1.807, 2.05) is 23.1 Å². The van der Waals surface area contributed by atoms with Crippen LogP contribution < -0.4 is 5.32 Å². The lowest BCUT2D eigenvalue weighted by atomic mass is 10.1. The monoisotopic (exact) mass is 366 g/mol. The Kier molecular flexibility index (Phi) is 4.99. The first kappa shape index (κ1) is 17.4. The zero-order chi connectivity index (χ0) is 18.6. The maximum absolute atomic E-state index is 11.6. The van der Waals surface area contributed by atoms with Gasteiger partial charge in [-0.2, -0.15) is 5.10 Å². The van der Waals surface area contributed by atoms with Crippen LogP contribution in [0, 0.1) is 0 Å². The number of H-pyrrole nitrogens is 1. The third-order valence-corrected chi connectivity index (χ3v) is 4.69. The fourth-order valence-corrected chi connectivity index (χ4v) is 3.15. The molecule has 0 spiro atoms. The number of ether oxygens (including phenoxy) is 1. The molecular formula is C19H22N6O2. The van der Waals surface area contributed by atoms with E-state index >= 15 is 0 Å². The fourth-order valence-electron chi connectivity index (χ4n) is 3.15. The van der Waals surface area contributed by atoms with Gasteiger partial charge in [-0.3, -0.25) is 14.4 Å². The molecule has 27 heavy (non-hydrogen) atoms. The molecule has 1 fully saturated rings. The van der Waals surface area contributed by atoms with Crippen molar-refractivity contribution in [3.63, 3.8) is 0 Å². The Morgan fingerprint density at radius 2 is 2.15 bits per heavy atom. The average Bonchev–Trinajstić information content (AvgIpc) is 3.34. The molecule has 8 heteroatoms. The van der Waals surface area contributed by atoms with Crippen molar-refractivity contribution < 1.29 is 9.53 Å². The zero-order valence-electron chi connectivity index (χ0n) is 15.0. The van der Waals surface area contributed by atoms with Crippen LogP contribution >= 0.6 is 0 Å². The minimum Gasteiger partial charge on any atom is -0.379 e. The molecule has 0 saturated carbocycles. The van der Waals surface area contributed by atoms with Gasteiger partial charge in [-0.05, 0) is 12.1 Å². The number of pyridine rings is 1. The summed E-state index contributed by atoms with van der Waals surface area (Å²) in [5, 5.41) is 8.11. The summed E-state index contributed by atoms with van der Waals surface area (Å²) in [5.74, 6) is -0.253. The summed E-state index contributed by atoms with van der Waals surface area (Å²) in [4.78, 5) is 21.5. The van der Waals surface area contributed by atoms with Gasteiger partial charge in [-0.25, -0.2) is 4.98 Å². The molecule has 0 unspecified atom stereocenters. The van der Waals surface area contributed by atoms with Crippen molar-refractivity contribution in [2.45, 2.75) is 6.54 Å². The summed E-state index contributed by atoms with van der Waals surface area (Å²) < 4.78 is 7.33. The lowest BCUT2D eigenvalue weighted by Crippen LogP contribution is -2.38. The van der Waals surface area contributed by atoms with Gasteiger partial charge in [-0.15, -0.1) is 0 Å². The lowest BCUT2D eigenvalue weighted by molar-refractivity contribution is -0.111. The number of aromatic nitrogens is 4. The highest BCUT2D eigenvalue weighted by molar-refractivity contribution is 6.05. The first-order valence-electron chi connectivity index (χ1n) is 8.96. The number of hydrogen-bond donors (Lipinski definition) is 2. The Morgan fingerprint density at radius 3 is 2.96 bits per heavy atom. The summed E-state index contributed by atoms with van der Waals surface area (Å²) in [7, 11) is 0. The second kappa shape index (κ2) is 7.73. The summed E-state index contributed by atoms with van der Waals surface area (Å²) in [5.41, 5.74) is 3.35. The van der Waals surface area contributed by atoms with Gasteiger partial charge in [0, 0.05) is 54.7 Å². The highest BCUT2D eigenvalue weighted by atomic mass is 16.5. The average molecular weight is 366 g/mol. The van der Waals surface area contributed by atoms with Gasteiger partial charge < -0.3 is 15.0 Å². The van der Waals surface area contributed by atoms with Crippen molar-refractivity contribution in [1.29, 1.82) is 0 Å². The van der Waals surface area contributed by atoms with Crippen LogP contribution in [0.1, 0.15) is 0 Å². The Bertz CT molecular complexity index is 954. The maximum Gasteiger partial charge on any atom is 0.247 e. The van der Waals surface area contributed by atoms with E-state index in [1.165, 1.54) is 6.08 Å². The number of nitrogens with zero attached hydrogens (tertiary/aromatic N) is 4. The number of amides is 1. The zero-order valence-corrected chi connectivity index (χ0v) is 15.0. The predicted octanol–water partition coefficient (Wildman–Crippen LogP) is 1.88. The molecule has 1 aliphatic heterocycles. The molecule has 0 atom stereocenters. The van der Waals surface area contributed by atoms with E-state index in [0.717, 1.165) is 61.6 Å². The van der Waals surface area contributed by atoms with E-state index in [9.17, 15) is 4.79 Å². The van der Waals surface area contributed by atoms with Crippen molar-refractivity contribution in [2.75, 3.05) is 38.2 Å². The van der Waals surface area contributed by atoms with Crippen LogP contribution in [0.5, 0.6) is 0 Å². The molecule has 140 valence electrons. The number of nitrogens with one attached hydrogen (secondary N) is 2. The smallest absolute Gasteiger partial charge is 0.247 e. The third kappa shape index (κ3) is 3.91. The summed E-state index contributed by atoms with van der Waals surface area (Å²) in [6, 6.07) is 2.00. The first-order valence-corrected chi connectivity index (χ1v) is 8.96. The second-order valence-corrected chi connectivity index (χ2v) is 6.46. The molecule has 0 aliphatic carbocycles. The van der Waals surface area contributed by atoms with Gasteiger partial charge in [0.25, 0.3) is 0 Å². The maximum atomic E-state index is 11.6. The van der Waals surface area contributed by atoms with Crippen LogP contribution in [0.3, 0.4) is 0 Å². The van der Waals surface area contributed by atoms with Gasteiger partial charge >= 0.3 is 0 Å². The number of anilines is 1. The Balaban J connectivity index is 1.50. The van der Waals surface area contributed by atoms with Crippen molar-refractivity contribution >= 4 is 22.6 Å².